The Morgan fingerprint density at radius 2 is 1.82 bits per heavy atom. The van der Waals surface area contributed by atoms with Gasteiger partial charge in [0.2, 0.25) is 0 Å². The maximum atomic E-state index is 13.5. The van der Waals surface area contributed by atoms with E-state index in [-0.39, 0.29) is 34.7 Å². The number of benzene rings is 2. The molecule has 172 valence electrons. The maximum absolute atomic E-state index is 13.5. The van der Waals surface area contributed by atoms with Crippen molar-refractivity contribution in [2.45, 2.75) is 22.5 Å². The molecular formula is C22H22ClN5O4S. The van der Waals surface area contributed by atoms with Crippen molar-refractivity contribution in [2.24, 2.45) is 0 Å². The number of carbonyl (C=O) groups excluding carboxylic acids is 1. The Kier molecular flexibility index (Phi) is 6.24. The minimum Gasteiger partial charge on any atom is -0.395 e. The van der Waals surface area contributed by atoms with E-state index in [2.05, 4.69) is 20.6 Å². The molecule has 5 N–H and O–H groups in total. The van der Waals surface area contributed by atoms with E-state index in [1.165, 1.54) is 12.1 Å². The van der Waals surface area contributed by atoms with Gasteiger partial charge in [-0.15, -0.1) is 0 Å². The number of halogens is 1. The van der Waals surface area contributed by atoms with Crippen LogP contribution in [-0.4, -0.2) is 42.7 Å². The van der Waals surface area contributed by atoms with Crippen LogP contribution in [0.25, 0.3) is 11.4 Å². The number of rotatable bonds is 7. The number of amides is 2. The minimum absolute atomic E-state index is 0.0674. The van der Waals surface area contributed by atoms with Crippen LogP contribution >= 0.6 is 11.6 Å². The van der Waals surface area contributed by atoms with Gasteiger partial charge in [0.15, 0.2) is 15.7 Å². The Balaban J connectivity index is 1.64. The van der Waals surface area contributed by atoms with E-state index < -0.39 is 20.6 Å². The number of aromatic nitrogens is 2. The van der Waals surface area contributed by atoms with Crippen LogP contribution in [0.4, 0.5) is 16.3 Å². The number of nitrogens with zero attached hydrogens (tertiary/aromatic N) is 2. The predicted octanol–water partition coefficient (Wildman–Crippen LogP) is 2.96. The van der Waals surface area contributed by atoms with E-state index in [1.54, 1.807) is 42.5 Å². The molecule has 0 aliphatic heterocycles. The summed E-state index contributed by atoms with van der Waals surface area (Å²) in [6.45, 7) is -0.0160. The lowest BCUT2D eigenvalue weighted by atomic mass is 10.1. The van der Waals surface area contributed by atoms with Gasteiger partial charge in [-0.25, -0.2) is 23.2 Å². The van der Waals surface area contributed by atoms with Crippen LogP contribution in [0.5, 0.6) is 0 Å². The molecule has 9 nitrogen and oxygen atoms in total. The third-order valence-electron chi connectivity index (χ3n) is 5.36. The van der Waals surface area contributed by atoms with Gasteiger partial charge in [0.25, 0.3) is 0 Å². The highest BCUT2D eigenvalue weighted by atomic mass is 35.5. The minimum atomic E-state index is -3.80. The molecule has 1 aliphatic rings. The molecule has 1 heterocycles. The molecule has 0 atom stereocenters. The van der Waals surface area contributed by atoms with E-state index in [9.17, 15) is 13.2 Å². The predicted molar refractivity (Wildman–Crippen MR) is 126 cm³/mol. The lowest BCUT2D eigenvalue weighted by Gasteiger charge is -2.18. The molecule has 2 aromatic carbocycles. The van der Waals surface area contributed by atoms with Gasteiger partial charge in [0, 0.05) is 23.9 Å². The zero-order chi connectivity index (χ0) is 23.6. The molecule has 1 aliphatic carbocycles. The molecule has 0 spiro atoms. The number of sulfone groups is 1. The highest BCUT2D eigenvalue weighted by Gasteiger charge is 2.58. The number of nitrogens with one attached hydrogen (secondary N) is 2. The maximum Gasteiger partial charge on any atom is 0.319 e. The van der Waals surface area contributed by atoms with Crippen molar-refractivity contribution in [3.8, 4) is 11.4 Å². The number of aliphatic hydroxyl groups is 1. The fraction of sp³-hybridized carbons (Fsp3) is 0.227. The van der Waals surface area contributed by atoms with Crippen molar-refractivity contribution in [1.29, 1.82) is 0 Å². The number of hydrogen-bond donors (Lipinski definition) is 4. The number of nitrogen functional groups attached to an aromatic ring is 1. The van der Waals surface area contributed by atoms with Crippen LogP contribution in [0, 0.1) is 0 Å². The first-order valence-electron chi connectivity index (χ1n) is 10.2. The van der Waals surface area contributed by atoms with E-state index in [0.29, 0.717) is 29.8 Å². The van der Waals surface area contributed by atoms with Gasteiger partial charge in [-0.05, 0) is 49.2 Å². The topological polar surface area (TPSA) is 147 Å². The van der Waals surface area contributed by atoms with Crippen molar-refractivity contribution in [2.75, 3.05) is 24.2 Å². The summed E-state index contributed by atoms with van der Waals surface area (Å²) in [5.74, 6) is 0.433. The molecule has 33 heavy (non-hydrogen) atoms. The lowest BCUT2D eigenvalue weighted by Crippen LogP contribution is -2.30. The molecule has 0 saturated heterocycles. The van der Waals surface area contributed by atoms with Gasteiger partial charge in [-0.1, -0.05) is 23.7 Å². The van der Waals surface area contributed by atoms with Crippen LogP contribution < -0.4 is 16.4 Å². The van der Waals surface area contributed by atoms with E-state index in [1.807, 2.05) is 0 Å². The van der Waals surface area contributed by atoms with Gasteiger partial charge >= 0.3 is 6.03 Å². The molecule has 11 heteroatoms. The van der Waals surface area contributed by atoms with Crippen molar-refractivity contribution < 1.29 is 18.3 Å². The van der Waals surface area contributed by atoms with Crippen molar-refractivity contribution in [3.05, 3.63) is 65.3 Å². The third kappa shape index (κ3) is 4.50. The van der Waals surface area contributed by atoms with Gasteiger partial charge in [0.1, 0.15) is 10.6 Å². The van der Waals surface area contributed by atoms with Crippen molar-refractivity contribution >= 4 is 39.0 Å². The lowest BCUT2D eigenvalue weighted by molar-refractivity contribution is 0.245. The second-order valence-electron chi connectivity index (χ2n) is 7.61. The quantitative estimate of drug-likeness (QED) is 0.400. The second-order valence-corrected chi connectivity index (χ2v) is 10.2. The zero-order valence-electron chi connectivity index (χ0n) is 17.5. The zero-order valence-corrected chi connectivity index (χ0v) is 19.0. The van der Waals surface area contributed by atoms with Crippen LogP contribution in [-0.2, 0) is 14.6 Å². The standard InChI is InChI=1S/C22H22ClN5O4S/c23-16-3-1-2-4-17(16)33(31,32)22(9-10-22)18-13-19(24)28-20(27-18)14-5-7-15(8-6-14)26-21(30)25-11-12-29/h1-8,13,29H,9-12H2,(H2,24,27,28)(H2,25,26,30). The summed E-state index contributed by atoms with van der Waals surface area (Å²) in [6.07, 6.45) is 0.810. The third-order valence-corrected chi connectivity index (χ3v) is 8.38. The SMILES string of the molecule is Nc1cc(C2(S(=O)(=O)c3ccccc3Cl)CC2)nc(-c2ccc(NC(=O)NCCO)cc2)n1. The highest BCUT2D eigenvalue weighted by molar-refractivity contribution is 7.92. The summed E-state index contributed by atoms with van der Waals surface area (Å²) in [5, 5.41) is 14.1. The number of hydrogen-bond acceptors (Lipinski definition) is 7. The largest absolute Gasteiger partial charge is 0.395 e. The first-order chi connectivity index (χ1) is 15.8. The van der Waals surface area contributed by atoms with E-state index in [0.717, 1.165) is 0 Å². The molecule has 0 bridgehead atoms. The molecule has 0 unspecified atom stereocenters. The Morgan fingerprint density at radius 1 is 1.12 bits per heavy atom. The Labute approximate surface area is 195 Å². The summed E-state index contributed by atoms with van der Waals surface area (Å²) in [4.78, 5) is 20.6. The Bertz CT molecular complexity index is 1290. The fourth-order valence-electron chi connectivity index (χ4n) is 3.53. The molecule has 1 aromatic heterocycles. The van der Waals surface area contributed by atoms with Gasteiger partial charge < -0.3 is 21.5 Å². The molecule has 4 rings (SSSR count). The molecular weight excluding hydrogens is 466 g/mol. The summed E-state index contributed by atoms with van der Waals surface area (Å²) in [5.41, 5.74) is 7.48. The molecule has 0 radical (unpaired) electrons. The Morgan fingerprint density at radius 3 is 2.45 bits per heavy atom. The fourth-order valence-corrected chi connectivity index (χ4v) is 5.99. The summed E-state index contributed by atoms with van der Waals surface area (Å²) >= 11 is 6.18. The summed E-state index contributed by atoms with van der Waals surface area (Å²) in [7, 11) is -3.80. The van der Waals surface area contributed by atoms with Crippen LogP contribution in [0.3, 0.4) is 0 Å². The second kappa shape index (κ2) is 8.97. The average molecular weight is 488 g/mol. The smallest absolute Gasteiger partial charge is 0.319 e. The number of carbonyl (C=O) groups is 1. The van der Waals surface area contributed by atoms with Crippen molar-refractivity contribution in [3.63, 3.8) is 0 Å². The monoisotopic (exact) mass is 487 g/mol. The van der Waals surface area contributed by atoms with Gasteiger partial charge in [0.05, 0.1) is 22.2 Å². The Hall–Kier alpha value is -3.21. The molecule has 1 saturated carbocycles. The number of nitrogens with two attached hydrogens (primary N) is 1. The molecule has 1 fully saturated rings. The van der Waals surface area contributed by atoms with E-state index in [4.69, 9.17) is 22.4 Å². The average Bonchev–Trinajstić information content (AvgIpc) is 3.61. The molecule has 2 amide bonds. The van der Waals surface area contributed by atoms with Crippen molar-refractivity contribution in [1.82, 2.24) is 15.3 Å². The van der Waals surface area contributed by atoms with Crippen LogP contribution in [0.15, 0.2) is 59.5 Å². The number of anilines is 2. The summed E-state index contributed by atoms with van der Waals surface area (Å²) < 4.78 is 25.7. The summed E-state index contributed by atoms with van der Waals surface area (Å²) in [6, 6.07) is 14.1. The number of urea groups is 1. The normalized spacial score (nSPS) is 14.5. The first-order valence-corrected chi connectivity index (χ1v) is 12.0. The van der Waals surface area contributed by atoms with Crippen LogP contribution in [0.2, 0.25) is 5.02 Å². The number of aliphatic hydroxyl groups excluding tert-OH is 1. The first kappa shape index (κ1) is 23.0. The van der Waals surface area contributed by atoms with Gasteiger partial charge in [-0.2, -0.15) is 0 Å². The van der Waals surface area contributed by atoms with Gasteiger partial charge in [-0.3, -0.25) is 0 Å². The highest BCUT2D eigenvalue weighted by Crippen LogP contribution is 2.55. The van der Waals surface area contributed by atoms with Crippen LogP contribution in [0.1, 0.15) is 18.5 Å². The molecule has 3 aromatic rings. The van der Waals surface area contributed by atoms with E-state index >= 15 is 0 Å².